The summed E-state index contributed by atoms with van der Waals surface area (Å²) in [5, 5.41) is 14.6. The van der Waals surface area contributed by atoms with Crippen molar-refractivity contribution >= 4 is 111 Å². The van der Waals surface area contributed by atoms with E-state index in [1.165, 1.54) is 49.3 Å². The highest BCUT2D eigenvalue weighted by Crippen LogP contribution is 2.52. The number of anilines is 2. The first-order chi connectivity index (χ1) is 37.8. The molecular weight excluding hydrogens is 949 g/mol. The summed E-state index contributed by atoms with van der Waals surface area (Å²) < 4.78 is 0. The highest BCUT2D eigenvalue weighted by Gasteiger charge is 2.41. The van der Waals surface area contributed by atoms with Crippen LogP contribution in [0.3, 0.4) is 0 Å². The first-order valence-corrected chi connectivity index (χ1v) is 30.7. The number of nitrogens with zero attached hydrogens (tertiary/aromatic N) is 4. The lowest BCUT2D eigenvalue weighted by molar-refractivity contribution is 0.0516. The number of amides is 3. The quantitative estimate of drug-likeness (QED) is 0.0177. The zero-order valence-corrected chi connectivity index (χ0v) is 47.2. The molecule has 0 unspecified atom stereocenters. The molecule has 0 radical (unpaired) electrons. The van der Waals surface area contributed by atoms with Crippen molar-refractivity contribution in [1.29, 1.82) is 0 Å². The Morgan fingerprint density at radius 3 is 1.40 bits per heavy atom. The van der Waals surface area contributed by atoms with Crippen molar-refractivity contribution in [2.75, 3.05) is 43.0 Å². The van der Waals surface area contributed by atoms with Crippen molar-refractivity contribution in [3.63, 3.8) is 0 Å². The highest BCUT2D eigenvalue weighted by molar-refractivity contribution is 6.45. The average Bonchev–Trinajstić information content (AvgIpc) is 4.31. The third kappa shape index (κ3) is 9.35. The van der Waals surface area contributed by atoms with Crippen LogP contribution < -0.4 is 9.80 Å². The van der Waals surface area contributed by atoms with E-state index in [0.717, 1.165) is 224 Å². The molecule has 0 N–H and O–H groups in total. The maximum Gasteiger partial charge on any atom is 0.263 e. The predicted molar refractivity (Wildman–Crippen MR) is 325 cm³/mol. The minimum atomic E-state index is -0.141. The smallest absolute Gasteiger partial charge is 0.263 e. The zero-order valence-electron chi connectivity index (χ0n) is 47.2. The maximum atomic E-state index is 15.7. The second kappa shape index (κ2) is 23.1. The molecule has 0 atom stereocenters. The summed E-state index contributed by atoms with van der Waals surface area (Å²) in [6, 6.07) is 22.0. The van der Waals surface area contributed by atoms with E-state index in [1.807, 2.05) is 19.2 Å². The van der Waals surface area contributed by atoms with Gasteiger partial charge in [0, 0.05) is 67.2 Å². The molecule has 8 nitrogen and oxygen atoms in total. The fourth-order valence-corrected chi connectivity index (χ4v) is 14.7. The number of carbonyl (C=O) groups is 4. The van der Waals surface area contributed by atoms with Crippen molar-refractivity contribution in [2.24, 2.45) is 0 Å². The van der Waals surface area contributed by atoms with Gasteiger partial charge >= 0.3 is 0 Å². The number of benzene rings is 8. The van der Waals surface area contributed by atoms with Gasteiger partial charge < -0.3 is 14.7 Å². The molecule has 8 aromatic rings. The van der Waals surface area contributed by atoms with E-state index < -0.39 is 0 Å². The summed E-state index contributed by atoms with van der Waals surface area (Å²) in [4.78, 5) is 68.6. The number of carbonyl (C=O) groups excluding carboxylic acids is 4. The van der Waals surface area contributed by atoms with Crippen LogP contribution in [0.1, 0.15) is 223 Å². The number of hydrogen-bond acceptors (Lipinski definition) is 6. The van der Waals surface area contributed by atoms with Crippen LogP contribution in [0.15, 0.2) is 60.7 Å². The van der Waals surface area contributed by atoms with E-state index in [0.29, 0.717) is 22.3 Å². The standard InChI is InChI=1S/C69H84N4O4/c1-6-10-14-18-26-46(27-19-15-11-7-2)70(5)68(76)65-57(71-38-22-23-39-71)42-55-52-34-35-53-56-43-58(72-40-24-25-41-72)66-64-54(67(75)73(69(66)77)47(28-20-16-12-8-3)29-21-17-13-9-4)37-36-51(63(56)64)50-33-32-49(60(52)61(50)53)48-31-30-45(44-74)59(65)62(48)55/h30-37,42-44,46-47H,6-29,38-41H2,1-5H3. The third-order valence-corrected chi connectivity index (χ3v) is 18.8. The SMILES string of the molecule is CCCCCCC(CCCCCC)N(C)C(=O)c1c(N2CCCC2)cc2c3ccc4c5cc(N6CCCC6)c6c7c(ccc(c8ccc(c9ccc(C=O)c1c92)c3c84)c75)C(=O)N(C(CCCCCC)CCCCCC)C6=O. The largest absolute Gasteiger partial charge is 0.371 e. The Bertz CT molecular complexity index is 3450. The second-order valence-corrected chi connectivity index (χ2v) is 23.7. The molecule has 11 rings (SSSR count). The van der Waals surface area contributed by atoms with E-state index >= 15 is 14.4 Å². The Kier molecular flexibility index (Phi) is 15.9. The van der Waals surface area contributed by atoms with Crippen LogP contribution >= 0.6 is 0 Å². The summed E-state index contributed by atoms with van der Waals surface area (Å²) in [6.45, 7) is 12.5. The first-order valence-electron chi connectivity index (χ1n) is 30.7. The molecular formula is C69H84N4O4. The van der Waals surface area contributed by atoms with Crippen LogP contribution in [0.2, 0.25) is 0 Å². The fourth-order valence-electron chi connectivity index (χ4n) is 14.7. The van der Waals surface area contributed by atoms with Gasteiger partial charge in [0.05, 0.1) is 22.5 Å². The predicted octanol–water partition coefficient (Wildman–Crippen LogP) is 17.9. The van der Waals surface area contributed by atoms with Crippen LogP contribution in [0.25, 0.3) is 75.4 Å². The van der Waals surface area contributed by atoms with E-state index in [1.54, 1.807) is 4.90 Å². The van der Waals surface area contributed by atoms with Crippen LogP contribution in [0.5, 0.6) is 0 Å². The van der Waals surface area contributed by atoms with E-state index in [4.69, 9.17) is 0 Å². The van der Waals surface area contributed by atoms with Gasteiger partial charge in [0.15, 0.2) is 6.29 Å². The number of rotatable bonds is 26. The third-order valence-electron chi connectivity index (χ3n) is 18.8. The van der Waals surface area contributed by atoms with E-state index in [9.17, 15) is 4.79 Å². The topological polar surface area (TPSA) is 81.2 Å². The van der Waals surface area contributed by atoms with Gasteiger partial charge in [-0.05, 0) is 134 Å². The van der Waals surface area contributed by atoms with Gasteiger partial charge in [-0.15, -0.1) is 0 Å². The molecule has 8 heteroatoms. The monoisotopic (exact) mass is 1030 g/mol. The lowest BCUT2D eigenvalue weighted by Gasteiger charge is -2.37. The zero-order chi connectivity index (χ0) is 53.3. The fraction of sp³-hybridized carbons (Fsp3) is 0.507. The number of fused-ring (bicyclic) bond motifs is 4. The van der Waals surface area contributed by atoms with E-state index in [2.05, 4.69) is 90.9 Å². The van der Waals surface area contributed by atoms with Gasteiger partial charge in [-0.1, -0.05) is 173 Å². The molecule has 8 aromatic carbocycles. The molecule has 404 valence electrons. The molecule has 3 aliphatic rings. The lowest BCUT2D eigenvalue weighted by Crippen LogP contribution is -2.47. The van der Waals surface area contributed by atoms with Gasteiger partial charge in [-0.25, -0.2) is 0 Å². The van der Waals surface area contributed by atoms with Gasteiger partial charge in [-0.2, -0.15) is 0 Å². The van der Waals surface area contributed by atoms with Crippen molar-refractivity contribution in [3.8, 4) is 0 Å². The summed E-state index contributed by atoms with van der Waals surface area (Å²) in [5.41, 5.74) is 4.49. The molecule has 3 aliphatic heterocycles. The summed E-state index contributed by atoms with van der Waals surface area (Å²) in [6.07, 6.45) is 27.1. The van der Waals surface area contributed by atoms with Crippen molar-refractivity contribution in [3.05, 3.63) is 82.9 Å². The highest BCUT2D eigenvalue weighted by atomic mass is 16.2. The number of aldehydes is 1. The molecule has 77 heavy (non-hydrogen) atoms. The minimum Gasteiger partial charge on any atom is -0.371 e. The molecule has 0 aromatic heterocycles. The Labute approximate surface area is 457 Å². The maximum absolute atomic E-state index is 15.7. The van der Waals surface area contributed by atoms with Gasteiger partial charge in [0.1, 0.15) is 0 Å². The molecule has 0 aliphatic carbocycles. The van der Waals surface area contributed by atoms with Crippen LogP contribution in [0.4, 0.5) is 11.4 Å². The molecule has 3 amide bonds. The first kappa shape index (κ1) is 53.0. The minimum absolute atomic E-state index is 0.0192. The molecule has 2 fully saturated rings. The van der Waals surface area contributed by atoms with Gasteiger partial charge in [0.25, 0.3) is 17.7 Å². The normalized spacial score (nSPS) is 15.2. The van der Waals surface area contributed by atoms with Gasteiger partial charge in [0.2, 0.25) is 0 Å². The van der Waals surface area contributed by atoms with Crippen molar-refractivity contribution < 1.29 is 19.2 Å². The van der Waals surface area contributed by atoms with Gasteiger partial charge in [-0.3, -0.25) is 24.1 Å². The average molecular weight is 1030 g/mol. The van der Waals surface area contributed by atoms with E-state index in [-0.39, 0.29) is 29.8 Å². The number of imide groups is 1. The number of unbranched alkanes of at least 4 members (excludes halogenated alkanes) is 12. The lowest BCUT2D eigenvalue weighted by atomic mass is 9.80. The van der Waals surface area contributed by atoms with Crippen molar-refractivity contribution in [1.82, 2.24) is 9.80 Å². The molecule has 0 saturated carbocycles. The molecule has 0 bridgehead atoms. The number of hydrogen-bond donors (Lipinski definition) is 0. The Hall–Kier alpha value is -6.02. The summed E-state index contributed by atoms with van der Waals surface area (Å²) in [7, 11) is 2.03. The van der Waals surface area contributed by atoms with Crippen molar-refractivity contribution in [2.45, 2.75) is 194 Å². The Morgan fingerprint density at radius 1 is 0.494 bits per heavy atom. The van der Waals surface area contributed by atoms with Crippen LogP contribution in [-0.2, 0) is 0 Å². The van der Waals surface area contributed by atoms with Crippen LogP contribution in [-0.4, -0.2) is 79.1 Å². The molecule has 3 heterocycles. The molecule has 0 spiro atoms. The Balaban J connectivity index is 1.12. The second-order valence-electron chi connectivity index (χ2n) is 23.7. The molecule has 2 saturated heterocycles. The van der Waals surface area contributed by atoms with Crippen LogP contribution in [0, 0.1) is 0 Å². The Morgan fingerprint density at radius 2 is 0.909 bits per heavy atom. The summed E-state index contributed by atoms with van der Waals surface area (Å²) in [5.74, 6) is -0.241. The summed E-state index contributed by atoms with van der Waals surface area (Å²) >= 11 is 0.